The third-order valence-electron chi connectivity index (χ3n) is 4.37. The minimum atomic E-state index is 0.976. The molecule has 124 valence electrons. The Bertz CT molecular complexity index is 942. The zero-order valence-electron chi connectivity index (χ0n) is 13.9. The van der Waals surface area contributed by atoms with Gasteiger partial charge in [-0.25, -0.2) is 4.98 Å². The third kappa shape index (κ3) is 3.69. The number of aryl methyl sites for hydroxylation is 2. The Morgan fingerprint density at radius 2 is 1.64 bits per heavy atom. The van der Waals surface area contributed by atoms with Gasteiger partial charge < -0.3 is 10.3 Å². The predicted octanol–water partition coefficient (Wildman–Crippen LogP) is 4.88. The van der Waals surface area contributed by atoms with Crippen LogP contribution in [0, 0.1) is 0 Å². The van der Waals surface area contributed by atoms with Gasteiger partial charge in [0.2, 0.25) is 0 Å². The van der Waals surface area contributed by atoms with E-state index < -0.39 is 0 Å². The molecule has 3 aromatic heterocycles. The van der Waals surface area contributed by atoms with Crippen LogP contribution < -0.4 is 5.32 Å². The molecule has 2 N–H and O–H groups in total. The van der Waals surface area contributed by atoms with Gasteiger partial charge in [-0.1, -0.05) is 12.1 Å². The zero-order chi connectivity index (χ0) is 16.9. The molecule has 4 heteroatoms. The van der Waals surface area contributed by atoms with Crippen LogP contribution in [0.5, 0.6) is 0 Å². The Labute approximate surface area is 147 Å². The van der Waals surface area contributed by atoms with Crippen LogP contribution in [0.4, 0.5) is 11.4 Å². The van der Waals surface area contributed by atoms with E-state index in [1.165, 1.54) is 16.5 Å². The number of nitrogens with one attached hydrogen (secondary N) is 2. The molecule has 0 bridgehead atoms. The minimum absolute atomic E-state index is 0.976. The van der Waals surface area contributed by atoms with Crippen LogP contribution >= 0.6 is 0 Å². The molecule has 0 fully saturated rings. The van der Waals surface area contributed by atoms with E-state index in [1.807, 2.05) is 24.4 Å². The molecule has 0 aliphatic rings. The van der Waals surface area contributed by atoms with Crippen molar-refractivity contribution < 1.29 is 0 Å². The highest BCUT2D eigenvalue weighted by atomic mass is 14.9. The molecule has 4 rings (SSSR count). The number of fused-ring (bicyclic) bond motifs is 1. The lowest BCUT2D eigenvalue weighted by Crippen LogP contribution is -1.92. The van der Waals surface area contributed by atoms with Gasteiger partial charge in [0.05, 0.1) is 0 Å². The SMILES string of the molecule is c1cnc2[nH]cc(CCCc3ccc(Nc4ccncc4)cc3)c2c1. The molecule has 0 radical (unpaired) electrons. The van der Waals surface area contributed by atoms with Crippen LogP contribution in [0.25, 0.3) is 11.0 Å². The highest BCUT2D eigenvalue weighted by Crippen LogP contribution is 2.20. The molecule has 4 aromatic rings. The maximum absolute atomic E-state index is 4.35. The average Bonchev–Trinajstić information content (AvgIpc) is 3.07. The van der Waals surface area contributed by atoms with Gasteiger partial charge in [0.15, 0.2) is 0 Å². The van der Waals surface area contributed by atoms with Crippen molar-refractivity contribution in [2.45, 2.75) is 19.3 Å². The van der Waals surface area contributed by atoms with Gasteiger partial charge in [0.1, 0.15) is 5.65 Å². The first-order valence-electron chi connectivity index (χ1n) is 8.55. The first kappa shape index (κ1) is 15.4. The zero-order valence-corrected chi connectivity index (χ0v) is 13.9. The summed E-state index contributed by atoms with van der Waals surface area (Å²) in [4.78, 5) is 11.6. The number of nitrogens with zero attached hydrogens (tertiary/aromatic N) is 2. The second-order valence-corrected chi connectivity index (χ2v) is 6.12. The Morgan fingerprint density at radius 3 is 2.48 bits per heavy atom. The Kier molecular flexibility index (Phi) is 4.42. The Morgan fingerprint density at radius 1 is 0.840 bits per heavy atom. The maximum Gasteiger partial charge on any atom is 0.137 e. The summed E-state index contributed by atoms with van der Waals surface area (Å²) in [5.74, 6) is 0. The summed E-state index contributed by atoms with van der Waals surface area (Å²) < 4.78 is 0. The molecular formula is C21H20N4. The number of hydrogen-bond donors (Lipinski definition) is 2. The second kappa shape index (κ2) is 7.18. The highest BCUT2D eigenvalue weighted by molar-refractivity contribution is 5.79. The van der Waals surface area contributed by atoms with Gasteiger partial charge in [-0.2, -0.15) is 0 Å². The van der Waals surface area contributed by atoms with E-state index in [9.17, 15) is 0 Å². The van der Waals surface area contributed by atoms with Crippen LogP contribution in [0.2, 0.25) is 0 Å². The molecule has 0 spiro atoms. The fraction of sp³-hybridized carbons (Fsp3) is 0.143. The molecule has 3 heterocycles. The molecule has 4 nitrogen and oxygen atoms in total. The van der Waals surface area contributed by atoms with Crippen LogP contribution in [0.15, 0.2) is 73.3 Å². The standard InChI is InChI=1S/C21H20N4/c1(4-17-15-24-21-20(17)5-2-12-23-21)3-16-6-8-18(9-7-16)25-19-10-13-22-14-11-19/h2,5-15H,1,3-4H2,(H,22,25)(H,23,24). The van der Waals surface area contributed by atoms with Crippen molar-refractivity contribution in [3.05, 3.63) is 84.4 Å². The molecule has 0 unspecified atom stereocenters. The topological polar surface area (TPSA) is 53.6 Å². The van der Waals surface area contributed by atoms with Crippen LogP contribution in [0.3, 0.4) is 0 Å². The molecule has 0 aliphatic carbocycles. The summed E-state index contributed by atoms with van der Waals surface area (Å²) in [6.45, 7) is 0. The fourth-order valence-electron chi connectivity index (χ4n) is 3.06. The fourth-order valence-corrected chi connectivity index (χ4v) is 3.06. The lowest BCUT2D eigenvalue weighted by molar-refractivity contribution is 0.825. The van der Waals surface area contributed by atoms with E-state index in [2.05, 4.69) is 56.8 Å². The van der Waals surface area contributed by atoms with Crippen LogP contribution in [-0.4, -0.2) is 15.0 Å². The monoisotopic (exact) mass is 328 g/mol. The first-order valence-corrected chi connectivity index (χ1v) is 8.55. The molecule has 0 amide bonds. The van der Waals surface area contributed by atoms with Gasteiger partial charge in [-0.15, -0.1) is 0 Å². The van der Waals surface area contributed by atoms with E-state index in [0.29, 0.717) is 0 Å². The molecule has 0 atom stereocenters. The van der Waals surface area contributed by atoms with E-state index in [0.717, 1.165) is 36.3 Å². The second-order valence-electron chi connectivity index (χ2n) is 6.12. The Balaban J connectivity index is 1.34. The first-order chi connectivity index (χ1) is 12.4. The quantitative estimate of drug-likeness (QED) is 0.530. The van der Waals surface area contributed by atoms with Gasteiger partial charge in [-0.3, -0.25) is 4.98 Å². The highest BCUT2D eigenvalue weighted by Gasteiger charge is 2.04. The van der Waals surface area contributed by atoms with E-state index in [-0.39, 0.29) is 0 Å². The van der Waals surface area contributed by atoms with Crippen molar-refractivity contribution in [1.82, 2.24) is 15.0 Å². The number of pyridine rings is 2. The number of H-pyrrole nitrogens is 1. The number of hydrogen-bond acceptors (Lipinski definition) is 3. The number of aromatic nitrogens is 3. The average molecular weight is 328 g/mol. The summed E-state index contributed by atoms with van der Waals surface area (Å²) in [5, 5.41) is 4.61. The maximum atomic E-state index is 4.35. The van der Waals surface area contributed by atoms with E-state index >= 15 is 0 Å². The summed E-state index contributed by atoms with van der Waals surface area (Å²) >= 11 is 0. The van der Waals surface area contributed by atoms with Crippen LogP contribution in [0.1, 0.15) is 17.5 Å². The van der Waals surface area contributed by atoms with Crippen molar-refractivity contribution in [1.29, 1.82) is 0 Å². The summed E-state index contributed by atoms with van der Waals surface area (Å²) in [6.07, 6.45) is 10.7. The van der Waals surface area contributed by atoms with Crippen LogP contribution in [-0.2, 0) is 12.8 Å². The normalized spacial score (nSPS) is 10.9. The van der Waals surface area contributed by atoms with Crippen molar-refractivity contribution in [3.8, 4) is 0 Å². The van der Waals surface area contributed by atoms with E-state index in [4.69, 9.17) is 0 Å². The van der Waals surface area contributed by atoms with Crippen molar-refractivity contribution >= 4 is 22.4 Å². The summed E-state index contributed by atoms with van der Waals surface area (Å²) in [5.41, 5.74) is 5.83. The summed E-state index contributed by atoms with van der Waals surface area (Å²) in [7, 11) is 0. The van der Waals surface area contributed by atoms with Gasteiger partial charge in [0, 0.05) is 41.5 Å². The van der Waals surface area contributed by atoms with Gasteiger partial charge in [0.25, 0.3) is 0 Å². The lowest BCUT2D eigenvalue weighted by atomic mass is 10.0. The molecule has 0 saturated carbocycles. The number of benzene rings is 1. The molecule has 1 aromatic carbocycles. The number of anilines is 2. The minimum Gasteiger partial charge on any atom is -0.355 e. The molecule has 0 saturated heterocycles. The third-order valence-corrected chi connectivity index (χ3v) is 4.37. The smallest absolute Gasteiger partial charge is 0.137 e. The lowest BCUT2D eigenvalue weighted by Gasteiger charge is -2.07. The van der Waals surface area contributed by atoms with Crippen molar-refractivity contribution in [2.24, 2.45) is 0 Å². The van der Waals surface area contributed by atoms with Crippen molar-refractivity contribution in [2.75, 3.05) is 5.32 Å². The number of aromatic amines is 1. The largest absolute Gasteiger partial charge is 0.355 e. The predicted molar refractivity (Wildman–Crippen MR) is 102 cm³/mol. The number of rotatable bonds is 6. The van der Waals surface area contributed by atoms with E-state index in [1.54, 1.807) is 12.4 Å². The van der Waals surface area contributed by atoms with Gasteiger partial charge >= 0.3 is 0 Å². The van der Waals surface area contributed by atoms with Crippen molar-refractivity contribution in [3.63, 3.8) is 0 Å². The van der Waals surface area contributed by atoms with Gasteiger partial charge in [-0.05, 0) is 66.8 Å². The molecule has 0 aliphatic heterocycles. The summed E-state index contributed by atoms with van der Waals surface area (Å²) in [6, 6.07) is 16.7. The molecule has 25 heavy (non-hydrogen) atoms. The molecular weight excluding hydrogens is 308 g/mol. The Hall–Kier alpha value is -3.14.